The van der Waals surface area contributed by atoms with E-state index in [9.17, 15) is 0 Å². The van der Waals surface area contributed by atoms with Crippen molar-refractivity contribution in [3.05, 3.63) is 54.1 Å². The molecule has 0 aliphatic heterocycles. The first-order chi connectivity index (χ1) is 10.1. The Kier molecular flexibility index (Phi) is 5.18. The third-order valence-electron chi connectivity index (χ3n) is 4.92. The van der Waals surface area contributed by atoms with Crippen molar-refractivity contribution < 1.29 is 0 Å². The van der Waals surface area contributed by atoms with Crippen LogP contribution < -0.4 is 5.73 Å². The highest BCUT2D eigenvalue weighted by Gasteiger charge is 2.34. The summed E-state index contributed by atoms with van der Waals surface area (Å²) in [5.74, 6) is 1.11. The van der Waals surface area contributed by atoms with E-state index in [0.717, 1.165) is 31.5 Å². The first-order valence-electron chi connectivity index (χ1n) is 7.91. The molecule has 1 aromatic heterocycles. The number of imidazole rings is 1. The smallest absolute Gasteiger partial charge is 0.108 e. The van der Waals surface area contributed by atoms with Crippen molar-refractivity contribution in [2.45, 2.75) is 51.0 Å². The van der Waals surface area contributed by atoms with E-state index in [1.165, 1.54) is 5.56 Å². The van der Waals surface area contributed by atoms with Gasteiger partial charge in [0.05, 0.1) is 0 Å². The Morgan fingerprint density at radius 2 is 1.86 bits per heavy atom. The zero-order valence-electron chi connectivity index (χ0n) is 13.4. The molecule has 0 spiro atoms. The lowest BCUT2D eigenvalue weighted by Crippen LogP contribution is -2.45. The maximum Gasteiger partial charge on any atom is 0.108 e. The molecule has 2 aromatic rings. The molecule has 1 aromatic carbocycles. The van der Waals surface area contributed by atoms with Crippen LogP contribution in [0.25, 0.3) is 0 Å². The van der Waals surface area contributed by atoms with Crippen LogP contribution >= 0.6 is 0 Å². The van der Waals surface area contributed by atoms with E-state index in [2.05, 4.69) is 53.7 Å². The highest BCUT2D eigenvalue weighted by atomic mass is 15.0. The van der Waals surface area contributed by atoms with Gasteiger partial charge in [0.25, 0.3) is 0 Å². The monoisotopic (exact) mass is 285 g/mol. The van der Waals surface area contributed by atoms with Crippen molar-refractivity contribution >= 4 is 0 Å². The molecule has 3 nitrogen and oxygen atoms in total. The van der Waals surface area contributed by atoms with Gasteiger partial charge in [-0.2, -0.15) is 0 Å². The molecule has 0 aliphatic rings. The van der Waals surface area contributed by atoms with Crippen LogP contribution in [0.1, 0.15) is 44.5 Å². The number of aromatic nitrogens is 2. The van der Waals surface area contributed by atoms with Crippen LogP contribution in [-0.2, 0) is 18.9 Å². The summed E-state index contributed by atoms with van der Waals surface area (Å²) in [7, 11) is 2.04. The lowest BCUT2D eigenvalue weighted by molar-refractivity contribution is 0.302. The summed E-state index contributed by atoms with van der Waals surface area (Å²) in [5, 5.41) is 0. The summed E-state index contributed by atoms with van der Waals surface area (Å²) in [5.41, 5.74) is 8.06. The van der Waals surface area contributed by atoms with Crippen molar-refractivity contribution in [3.8, 4) is 0 Å². The van der Waals surface area contributed by atoms with Gasteiger partial charge >= 0.3 is 0 Å². The molecule has 21 heavy (non-hydrogen) atoms. The predicted molar refractivity (Wildman–Crippen MR) is 88.2 cm³/mol. The van der Waals surface area contributed by atoms with Gasteiger partial charge in [-0.05, 0) is 24.8 Å². The first-order valence-corrected chi connectivity index (χ1v) is 7.91. The number of nitrogens with two attached hydrogens (primary N) is 1. The first kappa shape index (κ1) is 15.8. The molecule has 114 valence electrons. The largest absolute Gasteiger partial charge is 0.338 e. The molecule has 2 N–H and O–H groups in total. The fraction of sp³-hybridized carbons (Fsp3) is 0.500. The second kappa shape index (κ2) is 6.90. The van der Waals surface area contributed by atoms with E-state index >= 15 is 0 Å². The molecular formula is C18H27N3. The van der Waals surface area contributed by atoms with Crippen molar-refractivity contribution in [1.82, 2.24) is 9.55 Å². The Morgan fingerprint density at radius 1 is 1.19 bits per heavy atom. The minimum atomic E-state index is 0.0619. The molecule has 3 heteroatoms. The highest BCUT2D eigenvalue weighted by molar-refractivity contribution is 5.27. The van der Waals surface area contributed by atoms with Crippen LogP contribution in [0.4, 0.5) is 0 Å². The van der Waals surface area contributed by atoms with Gasteiger partial charge in [-0.3, -0.25) is 0 Å². The van der Waals surface area contributed by atoms with Crippen molar-refractivity contribution in [2.24, 2.45) is 12.8 Å². The normalized spacial score (nSPS) is 13.3. The van der Waals surface area contributed by atoms with E-state index in [4.69, 9.17) is 5.73 Å². The average molecular weight is 285 g/mol. The Balaban J connectivity index is 2.16. The fourth-order valence-electron chi connectivity index (χ4n) is 3.37. The molecule has 2 rings (SSSR count). The molecule has 0 bridgehead atoms. The van der Waals surface area contributed by atoms with Crippen molar-refractivity contribution in [3.63, 3.8) is 0 Å². The average Bonchev–Trinajstić information content (AvgIpc) is 2.93. The van der Waals surface area contributed by atoms with Gasteiger partial charge in [0.15, 0.2) is 0 Å². The van der Waals surface area contributed by atoms with Crippen LogP contribution in [0.3, 0.4) is 0 Å². The molecule has 1 atom stereocenters. The van der Waals surface area contributed by atoms with Crippen LogP contribution in [0.2, 0.25) is 0 Å². The van der Waals surface area contributed by atoms with Gasteiger partial charge < -0.3 is 10.3 Å². The van der Waals surface area contributed by atoms with Crippen molar-refractivity contribution in [1.29, 1.82) is 0 Å². The van der Waals surface area contributed by atoms with E-state index in [1.54, 1.807) is 0 Å². The third-order valence-corrected chi connectivity index (χ3v) is 4.92. The summed E-state index contributed by atoms with van der Waals surface area (Å²) in [6.07, 6.45) is 7.86. The molecule has 1 heterocycles. The second-order valence-corrected chi connectivity index (χ2v) is 5.83. The Bertz CT molecular complexity index is 541. The minimum absolute atomic E-state index is 0.0619. The van der Waals surface area contributed by atoms with Gasteiger partial charge in [0, 0.05) is 37.3 Å². The maximum absolute atomic E-state index is 6.64. The van der Waals surface area contributed by atoms with Gasteiger partial charge in [-0.1, -0.05) is 44.2 Å². The summed E-state index contributed by atoms with van der Waals surface area (Å²) >= 11 is 0. The van der Waals surface area contributed by atoms with Gasteiger partial charge in [0.1, 0.15) is 5.82 Å². The SMILES string of the molecule is CCC(CC)(c1ccccc1)C(N)CCc1nccn1C. The quantitative estimate of drug-likeness (QED) is 0.847. The standard InChI is InChI=1S/C18H27N3/c1-4-18(5-2,15-9-7-6-8-10-15)16(19)11-12-17-20-13-14-21(17)3/h6-10,13-14,16H,4-5,11-12,19H2,1-3H3. The van der Waals surface area contributed by atoms with Crippen LogP contribution in [0, 0.1) is 0 Å². The number of rotatable bonds is 7. The molecule has 0 fully saturated rings. The highest BCUT2D eigenvalue weighted by Crippen LogP contribution is 2.35. The molecule has 0 radical (unpaired) electrons. The van der Waals surface area contributed by atoms with Crippen LogP contribution in [0.15, 0.2) is 42.7 Å². The number of hydrogen-bond acceptors (Lipinski definition) is 2. The van der Waals surface area contributed by atoms with Crippen molar-refractivity contribution in [2.75, 3.05) is 0 Å². The number of aryl methyl sites for hydroxylation is 2. The van der Waals surface area contributed by atoms with Gasteiger partial charge in [-0.15, -0.1) is 0 Å². The third kappa shape index (κ3) is 3.18. The number of nitrogens with zero attached hydrogens (tertiary/aromatic N) is 2. The van der Waals surface area contributed by atoms with E-state index in [-0.39, 0.29) is 11.5 Å². The summed E-state index contributed by atoms with van der Waals surface area (Å²) < 4.78 is 2.08. The Morgan fingerprint density at radius 3 is 2.38 bits per heavy atom. The summed E-state index contributed by atoms with van der Waals surface area (Å²) in [4.78, 5) is 4.40. The molecule has 0 saturated carbocycles. The van der Waals surface area contributed by atoms with Gasteiger partial charge in [-0.25, -0.2) is 4.98 Å². The van der Waals surface area contributed by atoms with Gasteiger partial charge in [0.2, 0.25) is 0 Å². The fourth-order valence-corrected chi connectivity index (χ4v) is 3.37. The zero-order valence-corrected chi connectivity index (χ0v) is 13.4. The predicted octanol–water partition coefficient (Wildman–Crippen LogP) is 3.44. The van der Waals surface area contributed by atoms with E-state index in [1.807, 2.05) is 19.4 Å². The number of hydrogen-bond donors (Lipinski definition) is 1. The Hall–Kier alpha value is -1.61. The Labute approximate surface area is 128 Å². The van der Waals surface area contributed by atoms with Crippen LogP contribution in [-0.4, -0.2) is 15.6 Å². The maximum atomic E-state index is 6.64. The molecular weight excluding hydrogens is 258 g/mol. The number of benzene rings is 1. The topological polar surface area (TPSA) is 43.8 Å². The van der Waals surface area contributed by atoms with E-state index < -0.39 is 0 Å². The zero-order chi connectivity index (χ0) is 15.3. The second-order valence-electron chi connectivity index (χ2n) is 5.83. The molecule has 0 amide bonds. The summed E-state index contributed by atoms with van der Waals surface area (Å²) in [6.45, 7) is 4.49. The lowest BCUT2D eigenvalue weighted by Gasteiger charge is -2.38. The lowest BCUT2D eigenvalue weighted by atomic mass is 9.69. The minimum Gasteiger partial charge on any atom is -0.338 e. The molecule has 1 unspecified atom stereocenters. The molecule has 0 saturated heterocycles. The van der Waals surface area contributed by atoms with Crippen LogP contribution in [0.5, 0.6) is 0 Å². The molecule has 0 aliphatic carbocycles. The van der Waals surface area contributed by atoms with E-state index in [0.29, 0.717) is 0 Å². The summed E-state index contributed by atoms with van der Waals surface area (Å²) in [6, 6.07) is 10.9.